The molecule has 9 heteroatoms. The molecule has 3 rings (SSSR count). The summed E-state index contributed by atoms with van der Waals surface area (Å²) in [5.41, 5.74) is 3.21. The summed E-state index contributed by atoms with van der Waals surface area (Å²) in [7, 11) is -1.93. The molecule has 0 bridgehead atoms. The van der Waals surface area contributed by atoms with E-state index in [2.05, 4.69) is 4.98 Å². The molecule has 0 atom stereocenters. The van der Waals surface area contributed by atoms with Crippen molar-refractivity contribution < 1.29 is 23.2 Å². The van der Waals surface area contributed by atoms with Crippen molar-refractivity contribution in [1.29, 1.82) is 0 Å². The van der Waals surface area contributed by atoms with E-state index >= 15 is 0 Å². The molecule has 0 unspecified atom stereocenters. The number of benzene rings is 1. The first-order chi connectivity index (χ1) is 12.0. The molecule has 0 radical (unpaired) electrons. The topological polar surface area (TPSA) is 109 Å². The van der Waals surface area contributed by atoms with Gasteiger partial charge in [0.15, 0.2) is 0 Å². The lowest BCUT2D eigenvalue weighted by molar-refractivity contribution is -0.116. The van der Waals surface area contributed by atoms with E-state index in [1.807, 2.05) is 12.1 Å². The Labute approximate surface area is 146 Å². The lowest BCUT2D eigenvalue weighted by Crippen LogP contribution is -2.36. The number of fused-ring (bicyclic) bond motifs is 1. The van der Waals surface area contributed by atoms with Crippen molar-refractivity contribution in [2.24, 2.45) is 0 Å². The van der Waals surface area contributed by atoms with Gasteiger partial charge in [0.05, 0.1) is 12.0 Å². The molecule has 0 aliphatic carbocycles. The van der Waals surface area contributed by atoms with Gasteiger partial charge in [0.1, 0.15) is 5.75 Å². The molecule has 0 saturated carbocycles. The quantitative estimate of drug-likeness (QED) is 0.475. The second-order valence-electron chi connectivity index (χ2n) is 5.12. The van der Waals surface area contributed by atoms with E-state index in [1.54, 1.807) is 37.6 Å². The van der Waals surface area contributed by atoms with Crippen molar-refractivity contribution in [3.63, 3.8) is 0 Å². The normalized spacial score (nSPS) is 13.8. The minimum absolute atomic E-state index is 0.181. The molecule has 2 heterocycles. The van der Waals surface area contributed by atoms with Gasteiger partial charge in [0.2, 0.25) is 16.4 Å². The Morgan fingerprint density at radius 3 is 2.56 bits per heavy atom. The highest BCUT2D eigenvalue weighted by Gasteiger charge is 2.28. The number of amides is 1. The van der Waals surface area contributed by atoms with Gasteiger partial charge in [-0.2, -0.15) is 4.31 Å². The van der Waals surface area contributed by atoms with Gasteiger partial charge >= 0.3 is 0 Å². The van der Waals surface area contributed by atoms with Crippen LogP contribution in [0.25, 0.3) is 0 Å². The molecule has 1 amide bonds. The van der Waals surface area contributed by atoms with Gasteiger partial charge < -0.3 is 4.74 Å². The van der Waals surface area contributed by atoms with Crippen LogP contribution in [0.2, 0.25) is 0 Å². The van der Waals surface area contributed by atoms with Gasteiger partial charge in [0, 0.05) is 31.4 Å². The molecule has 134 valence electrons. The Morgan fingerprint density at radius 2 is 1.96 bits per heavy atom. The molecule has 1 aliphatic rings. The summed E-state index contributed by atoms with van der Waals surface area (Å²) in [5.74, 6) is 0.641. The number of aromatic nitrogens is 1. The van der Waals surface area contributed by atoms with Crippen LogP contribution in [0.15, 0.2) is 47.5 Å². The third-order valence-electron chi connectivity index (χ3n) is 3.68. The fraction of sp³-hybridized carbons (Fsp3) is 0.250. The predicted octanol–water partition coefficient (Wildman–Crippen LogP) is 0.959. The molecule has 0 saturated heterocycles. The van der Waals surface area contributed by atoms with E-state index in [9.17, 15) is 8.42 Å². The molecule has 0 spiro atoms. The molecule has 1 aromatic heterocycles. The largest absolute Gasteiger partial charge is 0.497 e. The van der Waals surface area contributed by atoms with Crippen LogP contribution in [0.5, 0.6) is 5.75 Å². The van der Waals surface area contributed by atoms with Crippen molar-refractivity contribution >= 4 is 16.4 Å². The lowest BCUT2D eigenvalue weighted by Gasteiger charge is -2.27. The number of hydrogen-bond donors (Lipinski definition) is 2. The van der Waals surface area contributed by atoms with Crippen molar-refractivity contribution in [3.8, 4) is 5.75 Å². The zero-order valence-corrected chi connectivity index (χ0v) is 14.4. The highest BCUT2D eigenvalue weighted by atomic mass is 32.2. The monoisotopic (exact) mass is 365 g/mol. The fourth-order valence-corrected chi connectivity index (χ4v) is 3.86. The minimum Gasteiger partial charge on any atom is -0.497 e. The number of pyridine rings is 1. The Hall–Kier alpha value is -2.49. The van der Waals surface area contributed by atoms with Gasteiger partial charge in [0.25, 0.3) is 0 Å². The first-order valence-corrected chi connectivity index (χ1v) is 8.87. The van der Waals surface area contributed by atoms with E-state index in [-0.39, 0.29) is 11.3 Å². The third kappa shape index (κ3) is 4.53. The number of sulfonamides is 1. The second kappa shape index (κ2) is 8.56. The fourth-order valence-electron chi connectivity index (χ4n) is 2.44. The molecule has 8 nitrogen and oxygen atoms in total. The van der Waals surface area contributed by atoms with Gasteiger partial charge in [-0.1, -0.05) is 6.07 Å². The van der Waals surface area contributed by atoms with Crippen LogP contribution in [-0.4, -0.2) is 43.0 Å². The SMILES string of the molecule is COc1ccc(S(=O)(=O)N2CCc3ncccc3C2)cc1.O=CNO. The van der Waals surface area contributed by atoms with Gasteiger partial charge in [-0.15, -0.1) is 0 Å². The summed E-state index contributed by atoms with van der Waals surface area (Å²) < 4.78 is 31.9. The number of nitrogens with zero attached hydrogens (tertiary/aromatic N) is 2. The molecule has 2 aromatic rings. The van der Waals surface area contributed by atoms with Crippen molar-refractivity contribution in [3.05, 3.63) is 53.9 Å². The average molecular weight is 365 g/mol. The number of hydroxylamine groups is 1. The number of methoxy groups -OCH3 is 1. The maximum atomic E-state index is 12.7. The Balaban J connectivity index is 0.000000511. The maximum absolute atomic E-state index is 12.7. The van der Waals surface area contributed by atoms with Crippen molar-refractivity contribution in [1.82, 2.24) is 14.8 Å². The third-order valence-corrected chi connectivity index (χ3v) is 5.54. The standard InChI is InChI=1S/C15H16N2O3S.CH3NO2/c1-20-13-4-6-14(7-5-13)21(18,19)17-10-8-15-12(11-17)3-2-9-16-15;3-1-2-4/h2-7,9H,8,10-11H2,1H3;1,4H,(H,2,3). The molecule has 25 heavy (non-hydrogen) atoms. The molecule has 1 aliphatic heterocycles. The number of hydrogen-bond acceptors (Lipinski definition) is 6. The second-order valence-corrected chi connectivity index (χ2v) is 7.06. The number of nitrogens with one attached hydrogen (secondary N) is 1. The Bertz CT molecular complexity index is 809. The highest BCUT2D eigenvalue weighted by molar-refractivity contribution is 7.89. The van der Waals surface area contributed by atoms with E-state index in [0.717, 1.165) is 11.3 Å². The van der Waals surface area contributed by atoms with Gasteiger partial charge in [-0.05, 0) is 35.9 Å². The average Bonchev–Trinajstić information content (AvgIpc) is 2.67. The van der Waals surface area contributed by atoms with Crippen molar-refractivity contribution in [2.75, 3.05) is 13.7 Å². The number of rotatable bonds is 4. The van der Waals surface area contributed by atoms with Crippen LogP contribution < -0.4 is 10.2 Å². The molecular weight excluding hydrogens is 346 g/mol. The Kier molecular flexibility index (Phi) is 6.45. The van der Waals surface area contributed by atoms with E-state index in [0.29, 0.717) is 25.3 Å². The van der Waals surface area contributed by atoms with E-state index in [4.69, 9.17) is 14.7 Å². The van der Waals surface area contributed by atoms with Crippen LogP contribution in [-0.2, 0) is 27.8 Å². The lowest BCUT2D eigenvalue weighted by atomic mass is 10.1. The van der Waals surface area contributed by atoms with Crippen LogP contribution in [0, 0.1) is 0 Å². The van der Waals surface area contributed by atoms with Gasteiger partial charge in [-0.25, -0.2) is 13.9 Å². The van der Waals surface area contributed by atoms with Crippen LogP contribution in [0.4, 0.5) is 0 Å². The molecule has 2 N–H and O–H groups in total. The number of carbonyl (C=O) groups excluding carboxylic acids is 1. The molecular formula is C16H19N3O5S. The van der Waals surface area contributed by atoms with Crippen molar-refractivity contribution in [2.45, 2.75) is 17.9 Å². The first kappa shape index (κ1) is 18.8. The highest BCUT2D eigenvalue weighted by Crippen LogP contribution is 2.24. The van der Waals surface area contributed by atoms with Crippen LogP contribution in [0.1, 0.15) is 11.3 Å². The maximum Gasteiger partial charge on any atom is 0.243 e. The minimum atomic E-state index is -3.48. The summed E-state index contributed by atoms with van der Waals surface area (Å²) in [6, 6.07) is 10.2. The molecule has 1 aromatic carbocycles. The summed E-state index contributed by atoms with van der Waals surface area (Å²) in [4.78, 5) is 13.4. The van der Waals surface area contributed by atoms with Crippen LogP contribution in [0.3, 0.4) is 0 Å². The first-order valence-electron chi connectivity index (χ1n) is 7.43. The van der Waals surface area contributed by atoms with E-state index in [1.165, 1.54) is 9.79 Å². The zero-order chi connectivity index (χ0) is 18.3. The summed E-state index contributed by atoms with van der Waals surface area (Å²) >= 11 is 0. The molecule has 0 fully saturated rings. The summed E-state index contributed by atoms with van der Waals surface area (Å²) in [6.07, 6.45) is 2.57. The number of carbonyl (C=O) groups is 1. The summed E-state index contributed by atoms with van der Waals surface area (Å²) in [5, 5.41) is 7.26. The van der Waals surface area contributed by atoms with E-state index < -0.39 is 10.0 Å². The Morgan fingerprint density at radius 1 is 1.28 bits per heavy atom. The van der Waals surface area contributed by atoms with Crippen LogP contribution >= 0.6 is 0 Å². The zero-order valence-electron chi connectivity index (χ0n) is 13.6. The number of ether oxygens (including phenoxy) is 1. The summed E-state index contributed by atoms with van der Waals surface area (Å²) in [6.45, 7) is 0.829. The predicted molar refractivity (Wildman–Crippen MR) is 89.5 cm³/mol. The van der Waals surface area contributed by atoms with Gasteiger partial charge in [-0.3, -0.25) is 15.0 Å². The smallest absolute Gasteiger partial charge is 0.243 e.